The summed E-state index contributed by atoms with van der Waals surface area (Å²) in [5.74, 6) is 0.660. The zero-order valence-corrected chi connectivity index (χ0v) is 7.63. The predicted octanol–water partition coefficient (Wildman–Crippen LogP) is 1.62. The Morgan fingerprint density at radius 2 is 2.00 bits per heavy atom. The van der Waals surface area contributed by atoms with Gasteiger partial charge in [-0.15, -0.1) is 0 Å². The van der Waals surface area contributed by atoms with Crippen LogP contribution in [0.5, 0.6) is 0 Å². The lowest BCUT2D eigenvalue weighted by Gasteiger charge is -2.12. The summed E-state index contributed by atoms with van der Waals surface area (Å²) < 4.78 is 0. The van der Waals surface area contributed by atoms with Crippen LogP contribution in [-0.4, -0.2) is 17.5 Å². The highest BCUT2D eigenvalue weighted by molar-refractivity contribution is 5.80. The second-order valence-corrected chi connectivity index (χ2v) is 3.24. The van der Waals surface area contributed by atoms with Crippen LogP contribution in [0.15, 0.2) is 0 Å². The lowest BCUT2D eigenvalue weighted by Crippen LogP contribution is -2.14. The number of aliphatic hydroxyl groups excluding tert-OH is 1. The maximum Gasteiger partial charge on any atom is 0.135 e. The maximum absolute atomic E-state index is 11.1. The number of hydrogen-bond donors (Lipinski definition) is 1. The number of Topliss-reactive ketones (excluding diaryl/α,β-unsaturated/α-hetero) is 1. The van der Waals surface area contributed by atoms with Gasteiger partial charge in [0.05, 0.1) is 0 Å². The number of rotatable bonds is 5. The van der Waals surface area contributed by atoms with Crippen LogP contribution in [-0.2, 0) is 4.79 Å². The molecule has 0 fully saturated rings. The number of ketones is 1. The summed E-state index contributed by atoms with van der Waals surface area (Å²) in [4.78, 5) is 11.1. The highest BCUT2D eigenvalue weighted by Crippen LogP contribution is 2.13. The standard InChI is InChI=1S/C9H18O2/c1-4-9(11)8(3)5-7(2)6-10/h7-8,10H,4-6H2,1-3H3. The molecule has 0 amide bonds. The molecule has 0 aliphatic rings. The fourth-order valence-corrected chi connectivity index (χ4v) is 1.16. The average molecular weight is 158 g/mol. The largest absolute Gasteiger partial charge is 0.396 e. The van der Waals surface area contributed by atoms with Gasteiger partial charge in [-0.3, -0.25) is 4.79 Å². The van der Waals surface area contributed by atoms with E-state index in [9.17, 15) is 4.79 Å². The Balaban J connectivity index is 3.67. The van der Waals surface area contributed by atoms with E-state index in [1.807, 2.05) is 20.8 Å². The molecule has 1 N–H and O–H groups in total. The normalized spacial score (nSPS) is 16.0. The molecule has 0 rings (SSSR count). The monoisotopic (exact) mass is 158 g/mol. The summed E-state index contributed by atoms with van der Waals surface area (Å²) >= 11 is 0. The van der Waals surface area contributed by atoms with E-state index < -0.39 is 0 Å². The number of aliphatic hydroxyl groups is 1. The van der Waals surface area contributed by atoms with Gasteiger partial charge in [-0.2, -0.15) is 0 Å². The number of carbonyl (C=O) groups excluding carboxylic acids is 1. The van der Waals surface area contributed by atoms with Crippen molar-refractivity contribution >= 4 is 5.78 Å². The summed E-state index contributed by atoms with van der Waals surface area (Å²) in [7, 11) is 0. The fourth-order valence-electron chi connectivity index (χ4n) is 1.16. The van der Waals surface area contributed by atoms with E-state index in [0.29, 0.717) is 12.2 Å². The summed E-state index contributed by atoms with van der Waals surface area (Å²) in [5, 5.41) is 8.73. The zero-order chi connectivity index (χ0) is 8.85. The molecule has 0 saturated carbocycles. The third-order valence-corrected chi connectivity index (χ3v) is 1.97. The van der Waals surface area contributed by atoms with Crippen molar-refractivity contribution in [2.45, 2.75) is 33.6 Å². The van der Waals surface area contributed by atoms with Crippen molar-refractivity contribution in [2.24, 2.45) is 11.8 Å². The molecule has 11 heavy (non-hydrogen) atoms. The predicted molar refractivity (Wildman–Crippen MR) is 45.3 cm³/mol. The van der Waals surface area contributed by atoms with Crippen LogP contribution in [0, 0.1) is 11.8 Å². The Morgan fingerprint density at radius 1 is 1.45 bits per heavy atom. The molecule has 0 aliphatic heterocycles. The molecule has 66 valence electrons. The molecule has 2 unspecified atom stereocenters. The van der Waals surface area contributed by atoms with Crippen molar-refractivity contribution < 1.29 is 9.90 Å². The van der Waals surface area contributed by atoms with Gasteiger partial charge < -0.3 is 5.11 Å². The Bertz CT molecular complexity index is 121. The van der Waals surface area contributed by atoms with Crippen molar-refractivity contribution in [1.82, 2.24) is 0 Å². The van der Waals surface area contributed by atoms with Crippen LogP contribution in [0.25, 0.3) is 0 Å². The molecule has 2 atom stereocenters. The van der Waals surface area contributed by atoms with E-state index in [1.165, 1.54) is 0 Å². The van der Waals surface area contributed by atoms with E-state index >= 15 is 0 Å². The van der Waals surface area contributed by atoms with Crippen molar-refractivity contribution in [3.63, 3.8) is 0 Å². The first-order chi connectivity index (χ1) is 5.11. The Morgan fingerprint density at radius 3 is 2.36 bits per heavy atom. The molecule has 0 aliphatic carbocycles. The lowest BCUT2D eigenvalue weighted by molar-refractivity contribution is -0.122. The molecule has 0 aromatic rings. The molecule has 2 nitrogen and oxygen atoms in total. The maximum atomic E-state index is 11.1. The van der Waals surface area contributed by atoms with E-state index in [0.717, 1.165) is 6.42 Å². The Hall–Kier alpha value is -0.370. The third kappa shape index (κ3) is 4.14. The van der Waals surface area contributed by atoms with Gasteiger partial charge in [0.15, 0.2) is 0 Å². The molecule has 2 heteroatoms. The molecule has 0 spiro atoms. The van der Waals surface area contributed by atoms with Crippen molar-refractivity contribution in [2.75, 3.05) is 6.61 Å². The van der Waals surface area contributed by atoms with Crippen molar-refractivity contribution in [3.05, 3.63) is 0 Å². The van der Waals surface area contributed by atoms with Gasteiger partial charge in [0.25, 0.3) is 0 Å². The van der Waals surface area contributed by atoms with Gasteiger partial charge >= 0.3 is 0 Å². The van der Waals surface area contributed by atoms with Gasteiger partial charge in [0.1, 0.15) is 5.78 Å². The molecule has 0 aromatic heterocycles. The fraction of sp³-hybridized carbons (Fsp3) is 0.889. The van der Waals surface area contributed by atoms with Gasteiger partial charge in [0, 0.05) is 18.9 Å². The van der Waals surface area contributed by atoms with Crippen LogP contribution in [0.1, 0.15) is 33.6 Å². The first kappa shape index (κ1) is 10.6. The van der Waals surface area contributed by atoms with Gasteiger partial charge in [-0.05, 0) is 12.3 Å². The van der Waals surface area contributed by atoms with Crippen LogP contribution in [0.2, 0.25) is 0 Å². The number of hydrogen-bond acceptors (Lipinski definition) is 2. The highest BCUT2D eigenvalue weighted by Gasteiger charge is 2.13. The topological polar surface area (TPSA) is 37.3 Å². The third-order valence-electron chi connectivity index (χ3n) is 1.97. The molecular weight excluding hydrogens is 140 g/mol. The Kier molecular flexibility index (Phi) is 5.12. The smallest absolute Gasteiger partial charge is 0.135 e. The van der Waals surface area contributed by atoms with Gasteiger partial charge in [-0.25, -0.2) is 0 Å². The van der Waals surface area contributed by atoms with E-state index in [1.54, 1.807) is 0 Å². The first-order valence-corrected chi connectivity index (χ1v) is 4.25. The summed E-state index contributed by atoms with van der Waals surface area (Å²) in [6, 6.07) is 0. The second-order valence-electron chi connectivity index (χ2n) is 3.24. The zero-order valence-electron chi connectivity index (χ0n) is 7.63. The molecule has 0 radical (unpaired) electrons. The van der Waals surface area contributed by atoms with Gasteiger partial charge in [0.2, 0.25) is 0 Å². The molecule has 0 aromatic carbocycles. The molecule has 0 heterocycles. The minimum absolute atomic E-state index is 0.113. The quantitative estimate of drug-likeness (QED) is 0.660. The lowest BCUT2D eigenvalue weighted by atomic mass is 9.93. The minimum Gasteiger partial charge on any atom is -0.396 e. The van der Waals surface area contributed by atoms with E-state index in [2.05, 4.69) is 0 Å². The SMILES string of the molecule is CCC(=O)C(C)CC(C)CO. The summed E-state index contributed by atoms with van der Waals surface area (Å²) in [5.41, 5.74) is 0. The van der Waals surface area contributed by atoms with Crippen LogP contribution in [0.3, 0.4) is 0 Å². The van der Waals surface area contributed by atoms with E-state index in [-0.39, 0.29) is 18.4 Å². The molecule has 0 bridgehead atoms. The van der Waals surface area contributed by atoms with Crippen LogP contribution >= 0.6 is 0 Å². The Labute approximate surface area is 68.6 Å². The van der Waals surface area contributed by atoms with Crippen LogP contribution in [0.4, 0.5) is 0 Å². The van der Waals surface area contributed by atoms with Crippen molar-refractivity contribution in [1.29, 1.82) is 0 Å². The van der Waals surface area contributed by atoms with Crippen molar-refractivity contribution in [3.8, 4) is 0 Å². The van der Waals surface area contributed by atoms with Crippen LogP contribution < -0.4 is 0 Å². The number of carbonyl (C=O) groups is 1. The first-order valence-electron chi connectivity index (χ1n) is 4.25. The molecular formula is C9H18O2. The summed E-state index contributed by atoms with van der Waals surface area (Å²) in [6.45, 7) is 5.95. The van der Waals surface area contributed by atoms with Gasteiger partial charge in [-0.1, -0.05) is 20.8 Å². The summed E-state index contributed by atoms with van der Waals surface area (Å²) in [6.07, 6.45) is 1.42. The average Bonchev–Trinajstić information content (AvgIpc) is 2.02. The molecule has 0 saturated heterocycles. The minimum atomic E-state index is 0.113. The van der Waals surface area contributed by atoms with E-state index in [4.69, 9.17) is 5.11 Å². The highest BCUT2D eigenvalue weighted by atomic mass is 16.3. The second kappa shape index (κ2) is 5.30.